The molecule has 1 fully saturated rings. The molecule has 1 nitrogen and oxygen atoms in total. The molecule has 42 valence electrons. The molecule has 0 aromatic rings. The molecule has 0 heterocycles. The number of hydrogen-bond donors (Lipinski definition) is 1. The summed E-state index contributed by atoms with van der Waals surface area (Å²) in [7, 11) is 0. The van der Waals surface area contributed by atoms with E-state index in [2.05, 4.69) is 22.6 Å². The van der Waals surface area contributed by atoms with Crippen LogP contribution in [-0.4, -0.2) is 15.6 Å². The number of rotatable bonds is 1. The van der Waals surface area contributed by atoms with Gasteiger partial charge in [-0.05, 0) is 18.8 Å². The van der Waals surface area contributed by atoms with Crippen molar-refractivity contribution in [3.8, 4) is 0 Å². The number of aliphatic hydroxyl groups is 1. The fourth-order valence-corrected chi connectivity index (χ4v) is 2.24. The van der Waals surface area contributed by atoms with Gasteiger partial charge >= 0.3 is 0 Å². The fraction of sp³-hybridized carbons (Fsp3) is 1.00. The molecule has 1 rings (SSSR count). The zero-order valence-corrected chi connectivity index (χ0v) is 6.26. The Labute approximate surface area is 57.2 Å². The molecular formula is C5H9IO. The topological polar surface area (TPSA) is 20.2 Å². The van der Waals surface area contributed by atoms with Gasteiger partial charge in [0.1, 0.15) is 0 Å². The van der Waals surface area contributed by atoms with Gasteiger partial charge in [-0.2, -0.15) is 0 Å². The molecule has 0 aromatic carbocycles. The molecule has 1 aliphatic carbocycles. The smallest absolute Gasteiger partial charge is 0.0460 e. The normalized spacial score (nSPS) is 40.3. The third kappa shape index (κ3) is 1.29. The highest BCUT2D eigenvalue weighted by Gasteiger charge is 2.25. The predicted octanol–water partition coefficient (Wildman–Crippen LogP) is 1.19. The molecule has 7 heavy (non-hydrogen) atoms. The minimum Gasteiger partial charge on any atom is -0.396 e. The highest BCUT2D eigenvalue weighted by Crippen LogP contribution is 2.32. The average Bonchev–Trinajstić information content (AvgIpc) is 1.58. The second kappa shape index (κ2) is 2.31. The van der Waals surface area contributed by atoms with Gasteiger partial charge in [0, 0.05) is 10.5 Å². The molecule has 0 amide bonds. The fourth-order valence-electron chi connectivity index (χ4n) is 0.803. The van der Waals surface area contributed by atoms with E-state index in [1.165, 1.54) is 12.8 Å². The van der Waals surface area contributed by atoms with Crippen LogP contribution in [0.4, 0.5) is 0 Å². The van der Waals surface area contributed by atoms with Crippen molar-refractivity contribution in [2.24, 2.45) is 5.92 Å². The number of hydrogen-bond acceptors (Lipinski definition) is 1. The van der Waals surface area contributed by atoms with Gasteiger partial charge in [0.2, 0.25) is 0 Å². The van der Waals surface area contributed by atoms with Crippen LogP contribution in [0.15, 0.2) is 0 Å². The maximum Gasteiger partial charge on any atom is 0.0460 e. The van der Waals surface area contributed by atoms with Gasteiger partial charge in [-0.25, -0.2) is 0 Å². The van der Waals surface area contributed by atoms with E-state index in [1.807, 2.05) is 0 Å². The summed E-state index contributed by atoms with van der Waals surface area (Å²) >= 11 is 2.42. The molecule has 0 spiro atoms. The Balaban J connectivity index is 2.06. The van der Waals surface area contributed by atoms with E-state index < -0.39 is 0 Å². The molecule has 0 radical (unpaired) electrons. The van der Waals surface area contributed by atoms with E-state index in [-0.39, 0.29) is 0 Å². The molecule has 1 aliphatic rings. The Morgan fingerprint density at radius 1 is 1.57 bits per heavy atom. The average molecular weight is 212 g/mol. The highest BCUT2D eigenvalue weighted by atomic mass is 127. The van der Waals surface area contributed by atoms with Crippen molar-refractivity contribution < 1.29 is 5.11 Å². The Bertz CT molecular complexity index is 59.1. The van der Waals surface area contributed by atoms with Crippen molar-refractivity contribution in [3.63, 3.8) is 0 Å². The SMILES string of the molecule is OCC1CC(I)C1. The second-order valence-corrected chi connectivity index (χ2v) is 3.88. The highest BCUT2D eigenvalue weighted by molar-refractivity contribution is 14.1. The van der Waals surface area contributed by atoms with Gasteiger partial charge in [-0.3, -0.25) is 0 Å². The van der Waals surface area contributed by atoms with Crippen molar-refractivity contribution in [2.75, 3.05) is 6.61 Å². The van der Waals surface area contributed by atoms with Crippen LogP contribution in [0.1, 0.15) is 12.8 Å². The predicted molar refractivity (Wildman–Crippen MR) is 37.6 cm³/mol. The van der Waals surface area contributed by atoms with Crippen LogP contribution in [0.5, 0.6) is 0 Å². The molecule has 0 aromatic heterocycles. The minimum absolute atomic E-state index is 0.402. The summed E-state index contributed by atoms with van der Waals surface area (Å²) in [6.07, 6.45) is 2.47. The minimum atomic E-state index is 0.402. The van der Waals surface area contributed by atoms with Crippen LogP contribution in [0.2, 0.25) is 0 Å². The molecule has 0 atom stereocenters. The summed E-state index contributed by atoms with van der Waals surface area (Å²) in [6, 6.07) is 0. The lowest BCUT2D eigenvalue weighted by atomic mass is 9.86. The number of alkyl halides is 1. The number of halogens is 1. The van der Waals surface area contributed by atoms with Gasteiger partial charge < -0.3 is 5.11 Å². The van der Waals surface area contributed by atoms with E-state index in [1.54, 1.807) is 0 Å². The van der Waals surface area contributed by atoms with Crippen LogP contribution in [0.3, 0.4) is 0 Å². The van der Waals surface area contributed by atoms with E-state index >= 15 is 0 Å². The van der Waals surface area contributed by atoms with E-state index in [0.29, 0.717) is 12.5 Å². The maximum absolute atomic E-state index is 8.50. The Morgan fingerprint density at radius 3 is 2.29 bits per heavy atom. The third-order valence-corrected chi connectivity index (χ3v) is 2.45. The lowest BCUT2D eigenvalue weighted by Gasteiger charge is -2.29. The van der Waals surface area contributed by atoms with Gasteiger partial charge in [0.05, 0.1) is 0 Å². The van der Waals surface area contributed by atoms with E-state index in [4.69, 9.17) is 5.11 Å². The summed E-state index contributed by atoms with van der Waals surface area (Å²) < 4.78 is 0.856. The lowest BCUT2D eigenvalue weighted by molar-refractivity contribution is 0.172. The zero-order valence-electron chi connectivity index (χ0n) is 4.10. The van der Waals surface area contributed by atoms with Gasteiger partial charge in [-0.15, -0.1) is 0 Å². The monoisotopic (exact) mass is 212 g/mol. The first-order valence-corrected chi connectivity index (χ1v) is 3.82. The summed E-state index contributed by atoms with van der Waals surface area (Å²) in [4.78, 5) is 0. The Hall–Kier alpha value is 0.690. The quantitative estimate of drug-likeness (QED) is 0.511. The zero-order chi connectivity index (χ0) is 5.28. The van der Waals surface area contributed by atoms with E-state index in [9.17, 15) is 0 Å². The largest absolute Gasteiger partial charge is 0.396 e. The van der Waals surface area contributed by atoms with Crippen LogP contribution in [0.25, 0.3) is 0 Å². The molecule has 0 saturated heterocycles. The van der Waals surface area contributed by atoms with Crippen molar-refractivity contribution >= 4 is 22.6 Å². The Morgan fingerprint density at radius 2 is 2.14 bits per heavy atom. The van der Waals surface area contributed by atoms with Gasteiger partial charge in [-0.1, -0.05) is 22.6 Å². The van der Waals surface area contributed by atoms with Gasteiger partial charge in [0.15, 0.2) is 0 Å². The molecule has 0 bridgehead atoms. The third-order valence-electron chi connectivity index (χ3n) is 1.44. The summed E-state index contributed by atoms with van der Waals surface area (Å²) in [6.45, 7) is 0.402. The van der Waals surface area contributed by atoms with Crippen LogP contribution in [0, 0.1) is 5.92 Å². The maximum atomic E-state index is 8.50. The summed E-state index contributed by atoms with van der Waals surface area (Å²) in [5.41, 5.74) is 0. The molecule has 2 heteroatoms. The molecule has 0 aliphatic heterocycles. The van der Waals surface area contributed by atoms with Crippen molar-refractivity contribution in [2.45, 2.75) is 16.8 Å². The van der Waals surface area contributed by atoms with E-state index in [0.717, 1.165) is 3.92 Å². The first-order chi connectivity index (χ1) is 3.33. The lowest BCUT2D eigenvalue weighted by Crippen LogP contribution is -2.25. The molecule has 1 saturated carbocycles. The second-order valence-electron chi connectivity index (χ2n) is 2.12. The molecular weight excluding hydrogens is 203 g/mol. The van der Waals surface area contributed by atoms with Crippen molar-refractivity contribution in [3.05, 3.63) is 0 Å². The first-order valence-electron chi connectivity index (χ1n) is 2.58. The molecule has 1 N–H and O–H groups in total. The van der Waals surface area contributed by atoms with Crippen molar-refractivity contribution in [1.29, 1.82) is 0 Å². The molecule has 0 unspecified atom stereocenters. The standard InChI is InChI=1S/C5H9IO/c6-5-1-4(2-5)3-7/h4-5,7H,1-3H2. The summed E-state index contributed by atoms with van der Waals surface area (Å²) in [5, 5.41) is 8.50. The van der Waals surface area contributed by atoms with Crippen LogP contribution in [-0.2, 0) is 0 Å². The first kappa shape index (κ1) is 5.82. The van der Waals surface area contributed by atoms with Crippen LogP contribution >= 0.6 is 22.6 Å². The van der Waals surface area contributed by atoms with Gasteiger partial charge in [0.25, 0.3) is 0 Å². The Kier molecular flexibility index (Phi) is 1.92. The summed E-state index contributed by atoms with van der Waals surface area (Å²) in [5.74, 6) is 0.641. The number of aliphatic hydroxyl groups excluding tert-OH is 1. The van der Waals surface area contributed by atoms with Crippen molar-refractivity contribution in [1.82, 2.24) is 0 Å². The van der Waals surface area contributed by atoms with Crippen LogP contribution < -0.4 is 0 Å².